The third-order valence-corrected chi connectivity index (χ3v) is 3.25. The van der Waals surface area contributed by atoms with Crippen LogP contribution in [0.1, 0.15) is 6.92 Å². The van der Waals surface area contributed by atoms with Gasteiger partial charge in [0.1, 0.15) is 6.04 Å². The molecular weight excluding hydrogens is 282 g/mol. The van der Waals surface area contributed by atoms with Gasteiger partial charge in [-0.1, -0.05) is 23.2 Å². The molecule has 0 bridgehead atoms. The van der Waals surface area contributed by atoms with Crippen molar-refractivity contribution in [2.75, 3.05) is 11.4 Å². The molecule has 7 heteroatoms. The highest BCUT2D eigenvalue weighted by atomic mass is 35.5. The van der Waals surface area contributed by atoms with Crippen molar-refractivity contribution < 1.29 is 14.0 Å². The Balaban J connectivity index is 2.46. The van der Waals surface area contributed by atoms with Crippen LogP contribution >= 0.6 is 23.2 Å². The van der Waals surface area contributed by atoms with E-state index in [1.165, 1.54) is 17.0 Å². The molecule has 18 heavy (non-hydrogen) atoms. The van der Waals surface area contributed by atoms with E-state index >= 15 is 0 Å². The average Bonchev–Trinajstić information content (AvgIpc) is 2.31. The number of amides is 2. The largest absolute Gasteiger partial charge is 0.345 e. The number of halogens is 3. The lowest BCUT2D eigenvalue weighted by atomic mass is 10.1. The lowest BCUT2D eigenvalue weighted by molar-refractivity contribution is -0.130. The third-order valence-electron chi connectivity index (χ3n) is 2.70. The smallest absolute Gasteiger partial charge is 0.247 e. The van der Waals surface area contributed by atoms with E-state index < -0.39 is 11.9 Å². The van der Waals surface area contributed by atoms with Crippen molar-refractivity contribution in [1.82, 2.24) is 5.32 Å². The molecule has 1 aromatic rings. The molecule has 0 aliphatic carbocycles. The van der Waals surface area contributed by atoms with Gasteiger partial charge in [0, 0.05) is 5.69 Å². The zero-order valence-corrected chi connectivity index (χ0v) is 10.8. The van der Waals surface area contributed by atoms with Gasteiger partial charge in [0.2, 0.25) is 11.8 Å². The van der Waals surface area contributed by atoms with E-state index in [1.54, 1.807) is 6.92 Å². The summed E-state index contributed by atoms with van der Waals surface area (Å²) in [7, 11) is 0. The Hall–Kier alpha value is -1.33. The zero-order chi connectivity index (χ0) is 13.4. The summed E-state index contributed by atoms with van der Waals surface area (Å²) in [5, 5.41) is 2.07. The van der Waals surface area contributed by atoms with Gasteiger partial charge in [-0.15, -0.1) is 0 Å². The summed E-state index contributed by atoms with van der Waals surface area (Å²) in [4.78, 5) is 24.6. The maximum Gasteiger partial charge on any atom is 0.247 e. The quantitative estimate of drug-likeness (QED) is 0.804. The van der Waals surface area contributed by atoms with E-state index in [0.717, 1.165) is 0 Å². The predicted molar refractivity (Wildman–Crippen MR) is 66.4 cm³/mol. The third kappa shape index (κ3) is 2.15. The fraction of sp³-hybridized carbons (Fsp3) is 0.273. The second kappa shape index (κ2) is 4.74. The molecule has 2 amide bonds. The maximum atomic E-state index is 13.3. The summed E-state index contributed by atoms with van der Waals surface area (Å²) in [5.74, 6) is -1.34. The van der Waals surface area contributed by atoms with Crippen LogP contribution in [0.2, 0.25) is 10.0 Å². The monoisotopic (exact) mass is 290 g/mol. The van der Waals surface area contributed by atoms with Crippen LogP contribution in [-0.4, -0.2) is 24.4 Å². The van der Waals surface area contributed by atoms with E-state index in [2.05, 4.69) is 5.32 Å². The van der Waals surface area contributed by atoms with Gasteiger partial charge >= 0.3 is 0 Å². The highest BCUT2D eigenvalue weighted by molar-refractivity contribution is 6.35. The molecule has 1 fully saturated rings. The predicted octanol–water partition coefficient (Wildman–Crippen LogP) is 1.98. The van der Waals surface area contributed by atoms with Gasteiger partial charge in [0.25, 0.3) is 0 Å². The first kappa shape index (κ1) is 13.1. The molecule has 0 spiro atoms. The topological polar surface area (TPSA) is 49.4 Å². The molecule has 2 rings (SSSR count). The Morgan fingerprint density at radius 2 is 1.89 bits per heavy atom. The molecule has 1 N–H and O–H groups in total. The minimum atomic E-state index is -0.747. The Bertz CT molecular complexity index is 513. The van der Waals surface area contributed by atoms with Crippen molar-refractivity contribution in [3.8, 4) is 0 Å². The lowest BCUT2D eigenvalue weighted by Gasteiger charge is -2.32. The van der Waals surface area contributed by atoms with Crippen LogP contribution in [0.5, 0.6) is 0 Å². The van der Waals surface area contributed by atoms with Crippen molar-refractivity contribution in [3.63, 3.8) is 0 Å². The van der Waals surface area contributed by atoms with E-state index in [1.807, 2.05) is 0 Å². The van der Waals surface area contributed by atoms with Crippen molar-refractivity contribution in [3.05, 3.63) is 28.0 Å². The summed E-state index contributed by atoms with van der Waals surface area (Å²) < 4.78 is 13.3. The summed E-state index contributed by atoms with van der Waals surface area (Å²) >= 11 is 11.3. The number of hydrogen-bond acceptors (Lipinski definition) is 2. The molecule has 0 radical (unpaired) electrons. The molecule has 96 valence electrons. The van der Waals surface area contributed by atoms with Crippen LogP contribution in [0.4, 0.5) is 10.1 Å². The number of nitrogens with one attached hydrogen (secondary N) is 1. The summed E-state index contributed by atoms with van der Waals surface area (Å²) in [5.41, 5.74) is 0.304. The normalized spacial score (nSPS) is 20.0. The first-order valence-electron chi connectivity index (χ1n) is 5.16. The summed E-state index contributed by atoms with van der Waals surface area (Å²) in [6.45, 7) is 1.47. The molecule has 1 aromatic carbocycles. The van der Waals surface area contributed by atoms with E-state index in [4.69, 9.17) is 23.2 Å². The fourth-order valence-corrected chi connectivity index (χ4v) is 2.25. The standard InChI is InChI=1S/C11H9Cl2FN2O2/c1-5-11(18)15-4-9(17)16(5)6-2-7(12)10(14)8(13)3-6/h2-3,5H,4H2,1H3,(H,15,18). The van der Waals surface area contributed by atoms with E-state index in [0.29, 0.717) is 5.69 Å². The van der Waals surface area contributed by atoms with Crippen LogP contribution in [0.15, 0.2) is 12.1 Å². The van der Waals surface area contributed by atoms with Gasteiger partial charge in [-0.05, 0) is 19.1 Å². The van der Waals surface area contributed by atoms with E-state index in [-0.39, 0.29) is 28.4 Å². The lowest BCUT2D eigenvalue weighted by Crippen LogP contribution is -2.57. The maximum absolute atomic E-state index is 13.3. The fourth-order valence-electron chi connectivity index (χ4n) is 1.78. The summed E-state index contributed by atoms with van der Waals surface area (Å²) in [6, 6.07) is 1.86. The second-order valence-electron chi connectivity index (χ2n) is 3.88. The molecule has 1 heterocycles. The van der Waals surface area contributed by atoms with Crippen LogP contribution in [0.3, 0.4) is 0 Å². The number of carbonyl (C=O) groups excluding carboxylic acids is 2. The van der Waals surface area contributed by atoms with Crippen molar-refractivity contribution in [2.24, 2.45) is 0 Å². The Morgan fingerprint density at radius 1 is 1.33 bits per heavy atom. The molecule has 1 saturated heterocycles. The molecule has 1 atom stereocenters. The highest BCUT2D eigenvalue weighted by Gasteiger charge is 2.32. The molecule has 4 nitrogen and oxygen atoms in total. The van der Waals surface area contributed by atoms with Crippen LogP contribution in [0.25, 0.3) is 0 Å². The van der Waals surface area contributed by atoms with Gasteiger partial charge < -0.3 is 5.32 Å². The summed E-state index contributed by atoms with van der Waals surface area (Å²) in [6.07, 6.45) is 0. The molecule has 0 saturated carbocycles. The number of benzene rings is 1. The minimum Gasteiger partial charge on any atom is -0.345 e. The highest BCUT2D eigenvalue weighted by Crippen LogP contribution is 2.31. The number of piperazine rings is 1. The number of carbonyl (C=O) groups is 2. The van der Waals surface area contributed by atoms with Crippen LogP contribution < -0.4 is 10.2 Å². The van der Waals surface area contributed by atoms with Crippen LogP contribution in [-0.2, 0) is 9.59 Å². The van der Waals surface area contributed by atoms with Gasteiger partial charge in [-0.2, -0.15) is 0 Å². The van der Waals surface area contributed by atoms with Gasteiger partial charge in [-0.25, -0.2) is 4.39 Å². The molecule has 0 aromatic heterocycles. The Morgan fingerprint density at radius 3 is 2.44 bits per heavy atom. The van der Waals surface area contributed by atoms with Crippen molar-refractivity contribution in [2.45, 2.75) is 13.0 Å². The van der Waals surface area contributed by atoms with Gasteiger partial charge in [0.15, 0.2) is 5.82 Å². The van der Waals surface area contributed by atoms with Crippen LogP contribution in [0, 0.1) is 5.82 Å². The van der Waals surface area contributed by atoms with E-state index in [9.17, 15) is 14.0 Å². The Labute approximate surface area is 113 Å². The number of nitrogens with zero attached hydrogens (tertiary/aromatic N) is 1. The number of anilines is 1. The second-order valence-corrected chi connectivity index (χ2v) is 4.70. The van der Waals surface area contributed by atoms with Crippen molar-refractivity contribution in [1.29, 1.82) is 0 Å². The van der Waals surface area contributed by atoms with Gasteiger partial charge in [0.05, 0.1) is 16.6 Å². The Kier molecular flexibility index (Phi) is 3.45. The first-order chi connectivity index (χ1) is 8.41. The zero-order valence-electron chi connectivity index (χ0n) is 9.34. The minimum absolute atomic E-state index is 0.101. The SMILES string of the molecule is CC1C(=O)NCC(=O)N1c1cc(Cl)c(F)c(Cl)c1. The average molecular weight is 291 g/mol. The number of rotatable bonds is 1. The molecular formula is C11H9Cl2FN2O2. The van der Waals surface area contributed by atoms with Gasteiger partial charge in [-0.3, -0.25) is 14.5 Å². The molecule has 1 aliphatic rings. The molecule has 1 unspecified atom stereocenters. The molecule has 1 aliphatic heterocycles. The number of hydrogen-bond donors (Lipinski definition) is 1. The first-order valence-corrected chi connectivity index (χ1v) is 5.91. The van der Waals surface area contributed by atoms with Crippen molar-refractivity contribution >= 4 is 40.7 Å².